The number of rotatable bonds is 7. The Balaban J connectivity index is 1.13. The van der Waals surface area contributed by atoms with Crippen molar-refractivity contribution in [1.29, 1.82) is 0 Å². The van der Waals surface area contributed by atoms with Crippen molar-refractivity contribution < 1.29 is 0 Å². The molecule has 9 aromatic carbocycles. The fourth-order valence-corrected chi connectivity index (χ4v) is 9.44. The summed E-state index contributed by atoms with van der Waals surface area (Å²) < 4.78 is 4.96. The Labute approximate surface area is 350 Å². The fourth-order valence-electron chi connectivity index (χ4n) is 9.44. The van der Waals surface area contributed by atoms with Gasteiger partial charge in [0.1, 0.15) is 0 Å². The first-order valence-corrected chi connectivity index (χ1v) is 20.8. The first-order chi connectivity index (χ1) is 29.7. The van der Waals surface area contributed by atoms with Crippen LogP contribution in [0.2, 0.25) is 0 Å². The van der Waals surface area contributed by atoms with Gasteiger partial charge in [-0.2, -0.15) is 0 Å². The van der Waals surface area contributed by atoms with Gasteiger partial charge in [-0.25, -0.2) is 0 Å². The van der Waals surface area contributed by atoms with E-state index in [1.165, 1.54) is 98.9 Å². The summed E-state index contributed by atoms with van der Waals surface area (Å²) >= 11 is 0. The predicted molar refractivity (Wildman–Crippen MR) is 257 cm³/mol. The average molecular weight is 767 g/mol. The highest BCUT2D eigenvalue weighted by Gasteiger charge is 2.22. The van der Waals surface area contributed by atoms with Crippen molar-refractivity contribution in [2.24, 2.45) is 0 Å². The first-order valence-electron chi connectivity index (χ1n) is 20.8. The third kappa shape index (κ3) is 5.80. The van der Waals surface area contributed by atoms with Crippen LogP contribution < -0.4 is 0 Å². The molecule has 0 amide bonds. The Kier molecular flexibility index (Phi) is 8.64. The van der Waals surface area contributed by atoms with E-state index in [0.717, 1.165) is 11.4 Å². The topological polar surface area (TPSA) is 9.86 Å². The second-order valence-electron chi connectivity index (χ2n) is 15.6. The van der Waals surface area contributed by atoms with Crippen molar-refractivity contribution >= 4 is 60.0 Å². The molecule has 0 bridgehead atoms. The summed E-state index contributed by atoms with van der Waals surface area (Å²) in [6, 6.07) is 73.5. The summed E-state index contributed by atoms with van der Waals surface area (Å²) in [5.41, 5.74) is 16.7. The van der Waals surface area contributed by atoms with Gasteiger partial charge in [-0.15, -0.1) is 0 Å². The molecule has 0 spiro atoms. The maximum absolute atomic E-state index is 2.51. The van der Waals surface area contributed by atoms with Crippen molar-refractivity contribution in [2.45, 2.75) is 13.8 Å². The van der Waals surface area contributed by atoms with Crippen LogP contribution in [0, 0.1) is 0 Å². The lowest BCUT2D eigenvalue weighted by atomic mass is 9.93. The normalized spacial score (nSPS) is 12.2. The molecule has 2 heterocycles. The highest BCUT2D eigenvalue weighted by Crippen LogP contribution is 2.43. The molecule has 0 fully saturated rings. The Morgan fingerprint density at radius 3 is 1.70 bits per heavy atom. The third-order valence-electron chi connectivity index (χ3n) is 12.1. The first kappa shape index (κ1) is 35.5. The Morgan fingerprint density at radius 1 is 0.400 bits per heavy atom. The zero-order valence-corrected chi connectivity index (χ0v) is 33.7. The Bertz CT molecular complexity index is 3470. The van der Waals surface area contributed by atoms with E-state index in [0.29, 0.717) is 0 Å². The number of aromatic nitrogens is 2. The fraction of sp³-hybridized carbons (Fsp3) is 0.0345. The number of para-hydroxylation sites is 2. The lowest BCUT2D eigenvalue weighted by molar-refractivity contribution is 1.18. The van der Waals surface area contributed by atoms with Crippen LogP contribution >= 0.6 is 0 Å². The number of benzene rings is 9. The zero-order valence-electron chi connectivity index (χ0n) is 33.7. The van der Waals surface area contributed by atoms with E-state index < -0.39 is 0 Å². The average Bonchev–Trinajstić information content (AvgIpc) is 3.84. The lowest BCUT2D eigenvalue weighted by Gasteiger charge is -2.15. The summed E-state index contributed by atoms with van der Waals surface area (Å²) in [7, 11) is 0. The van der Waals surface area contributed by atoms with Crippen molar-refractivity contribution in [3.05, 3.63) is 224 Å². The molecule has 2 nitrogen and oxygen atoms in total. The summed E-state index contributed by atoms with van der Waals surface area (Å²) in [6.07, 6.45) is 6.50. The van der Waals surface area contributed by atoms with E-state index in [-0.39, 0.29) is 0 Å². The smallest absolute Gasteiger partial charge is 0.0641 e. The summed E-state index contributed by atoms with van der Waals surface area (Å²) in [6.45, 7) is 4.19. The summed E-state index contributed by atoms with van der Waals surface area (Å²) in [4.78, 5) is 0. The highest BCUT2D eigenvalue weighted by molar-refractivity contribution is 6.26. The number of fused-ring (bicyclic) bond motifs is 8. The monoisotopic (exact) mass is 766 g/mol. The SMILES string of the molecule is C/C=C\C(=C/C)c1cc(-c2ccccc2)cc(-c2ccc(-n3c4ccccc4c4c3ccc3c5ccccc5n(-c5cc(-c6ccccc6)c6ccccc6c5)c34)cc2)c1. The van der Waals surface area contributed by atoms with Gasteiger partial charge in [0, 0.05) is 32.9 Å². The number of nitrogens with zero attached hydrogens (tertiary/aromatic N) is 2. The van der Waals surface area contributed by atoms with E-state index in [4.69, 9.17) is 0 Å². The second kappa shape index (κ2) is 14.6. The molecule has 2 heteroatoms. The van der Waals surface area contributed by atoms with Crippen LogP contribution in [0.3, 0.4) is 0 Å². The van der Waals surface area contributed by atoms with Gasteiger partial charge in [0.05, 0.1) is 22.1 Å². The standard InChI is InChI=1S/C58H42N2/c1-3-17-39(4-2)44-34-45(40-18-7-5-8-19-40)36-46(35-44)41-28-30-47(31-29-41)59-55-27-16-14-25-52(55)57-56(59)33-32-51-50-24-13-15-26-54(50)60(58(51)57)48-37-43-22-11-12-23-49(43)53(38-48)42-20-9-6-10-21-42/h3-38H,1-2H3/b17-3-,39-4+. The van der Waals surface area contributed by atoms with Gasteiger partial charge in [0.2, 0.25) is 0 Å². The van der Waals surface area contributed by atoms with Crippen molar-refractivity contribution in [3.63, 3.8) is 0 Å². The molecule has 0 unspecified atom stereocenters. The van der Waals surface area contributed by atoms with Crippen LogP contribution in [0.25, 0.3) is 105 Å². The van der Waals surface area contributed by atoms with Crippen LogP contribution in [0.5, 0.6) is 0 Å². The van der Waals surface area contributed by atoms with E-state index in [9.17, 15) is 0 Å². The van der Waals surface area contributed by atoms with E-state index in [2.05, 4.69) is 241 Å². The van der Waals surface area contributed by atoms with Gasteiger partial charge >= 0.3 is 0 Å². The quantitative estimate of drug-likeness (QED) is 0.143. The van der Waals surface area contributed by atoms with Crippen molar-refractivity contribution in [1.82, 2.24) is 9.13 Å². The molecular formula is C58H42N2. The zero-order chi connectivity index (χ0) is 40.2. The van der Waals surface area contributed by atoms with Crippen LogP contribution in [0.4, 0.5) is 0 Å². The molecule has 0 aliphatic heterocycles. The molecule has 284 valence electrons. The van der Waals surface area contributed by atoms with Gasteiger partial charge in [0.15, 0.2) is 0 Å². The van der Waals surface area contributed by atoms with Gasteiger partial charge in [0.25, 0.3) is 0 Å². The molecule has 0 saturated heterocycles. The van der Waals surface area contributed by atoms with E-state index in [1.807, 2.05) is 0 Å². The summed E-state index contributed by atoms with van der Waals surface area (Å²) in [5, 5.41) is 7.45. The van der Waals surface area contributed by atoms with Crippen molar-refractivity contribution in [3.8, 4) is 44.8 Å². The van der Waals surface area contributed by atoms with E-state index in [1.54, 1.807) is 0 Å². The molecule has 0 radical (unpaired) electrons. The predicted octanol–water partition coefficient (Wildman–Crippen LogP) is 16.0. The van der Waals surface area contributed by atoms with Gasteiger partial charge in [-0.3, -0.25) is 0 Å². The Morgan fingerprint density at radius 2 is 1.00 bits per heavy atom. The maximum Gasteiger partial charge on any atom is 0.0641 e. The molecule has 11 rings (SSSR count). The third-order valence-corrected chi connectivity index (χ3v) is 12.1. The Hall–Kier alpha value is -7.68. The van der Waals surface area contributed by atoms with E-state index >= 15 is 0 Å². The lowest BCUT2D eigenvalue weighted by Crippen LogP contribution is -1.97. The largest absolute Gasteiger partial charge is 0.309 e. The minimum Gasteiger partial charge on any atom is -0.309 e. The molecule has 2 aromatic heterocycles. The van der Waals surface area contributed by atoms with Crippen LogP contribution in [-0.4, -0.2) is 9.13 Å². The molecule has 0 saturated carbocycles. The molecule has 11 aromatic rings. The van der Waals surface area contributed by atoms with Gasteiger partial charge < -0.3 is 9.13 Å². The van der Waals surface area contributed by atoms with Gasteiger partial charge in [-0.1, -0.05) is 158 Å². The number of allylic oxidation sites excluding steroid dienone is 4. The van der Waals surface area contributed by atoms with Crippen LogP contribution in [-0.2, 0) is 0 Å². The summed E-state index contributed by atoms with van der Waals surface area (Å²) in [5.74, 6) is 0. The minimum absolute atomic E-state index is 1.13. The molecule has 0 atom stereocenters. The molecular weight excluding hydrogens is 725 g/mol. The molecule has 0 aliphatic carbocycles. The molecule has 0 aliphatic rings. The highest BCUT2D eigenvalue weighted by atomic mass is 15.0. The number of hydrogen-bond acceptors (Lipinski definition) is 0. The minimum atomic E-state index is 1.13. The van der Waals surface area contributed by atoms with Crippen LogP contribution in [0.1, 0.15) is 19.4 Å². The van der Waals surface area contributed by atoms with Gasteiger partial charge in [-0.05, 0) is 130 Å². The van der Waals surface area contributed by atoms with Crippen LogP contribution in [0.15, 0.2) is 218 Å². The van der Waals surface area contributed by atoms with Crippen molar-refractivity contribution in [2.75, 3.05) is 0 Å². The molecule has 60 heavy (non-hydrogen) atoms. The maximum atomic E-state index is 2.51. The molecule has 0 N–H and O–H groups in total. The second-order valence-corrected chi connectivity index (χ2v) is 15.6. The number of hydrogen-bond donors (Lipinski definition) is 0.